The molecule has 0 saturated heterocycles. The minimum atomic E-state index is -0.214. The van der Waals surface area contributed by atoms with Gasteiger partial charge in [-0.2, -0.15) is 5.10 Å². The molecule has 6 heteroatoms. The van der Waals surface area contributed by atoms with Crippen molar-refractivity contribution in [3.8, 4) is 0 Å². The van der Waals surface area contributed by atoms with Gasteiger partial charge in [-0.15, -0.1) is 0 Å². The minimum absolute atomic E-state index is 0.189. The number of nitrogens with one attached hydrogen (secondary N) is 1. The summed E-state index contributed by atoms with van der Waals surface area (Å²) in [5.41, 5.74) is 1.67. The monoisotopic (exact) mass is 331 g/mol. The summed E-state index contributed by atoms with van der Waals surface area (Å²) in [6.45, 7) is 4.10. The molecule has 108 valence electrons. The van der Waals surface area contributed by atoms with E-state index >= 15 is 0 Å². The number of aromatic nitrogens is 2. The number of benzene rings is 1. The molecule has 0 amide bonds. The summed E-state index contributed by atoms with van der Waals surface area (Å²) < 4.78 is 1.88. The fourth-order valence-corrected chi connectivity index (χ4v) is 3.09. The van der Waals surface area contributed by atoms with Crippen molar-refractivity contribution < 1.29 is 0 Å². The van der Waals surface area contributed by atoms with Gasteiger partial charge in [-0.25, -0.2) is 0 Å². The fraction of sp³-hybridized carbons (Fsp3) is 0.357. The third-order valence-corrected chi connectivity index (χ3v) is 4.08. The van der Waals surface area contributed by atoms with Crippen LogP contribution in [-0.2, 0) is 0 Å². The van der Waals surface area contributed by atoms with Crippen LogP contribution in [0.1, 0.15) is 37.2 Å². The van der Waals surface area contributed by atoms with E-state index in [1.807, 2.05) is 43.8 Å². The lowest BCUT2D eigenvalue weighted by Gasteiger charge is -2.22. The second kappa shape index (κ2) is 6.35. The zero-order chi connectivity index (χ0) is 14.9. The molecular formula is C14H16Cl3N3. The van der Waals surface area contributed by atoms with E-state index in [1.54, 1.807) is 6.20 Å². The summed E-state index contributed by atoms with van der Waals surface area (Å²) in [6.07, 6.45) is 1.64. The largest absolute Gasteiger partial charge is 0.308 e. The highest BCUT2D eigenvalue weighted by Gasteiger charge is 2.25. The SMILES string of the molecule is CNC(c1c(Cl)cccc1Cl)c1c(Cl)cnn1C(C)C. The van der Waals surface area contributed by atoms with E-state index in [0.717, 1.165) is 11.3 Å². The van der Waals surface area contributed by atoms with Crippen LogP contribution in [0, 0.1) is 0 Å². The van der Waals surface area contributed by atoms with E-state index in [1.165, 1.54) is 0 Å². The Morgan fingerprint density at radius 3 is 2.20 bits per heavy atom. The summed E-state index contributed by atoms with van der Waals surface area (Å²) in [5, 5.41) is 9.35. The smallest absolute Gasteiger partial charge is 0.0837 e. The maximum Gasteiger partial charge on any atom is 0.0837 e. The summed E-state index contributed by atoms with van der Waals surface area (Å²) in [5.74, 6) is 0. The molecular weight excluding hydrogens is 317 g/mol. The van der Waals surface area contributed by atoms with E-state index in [4.69, 9.17) is 34.8 Å². The first-order valence-corrected chi connectivity index (χ1v) is 7.44. The average molecular weight is 333 g/mol. The number of rotatable bonds is 4. The highest BCUT2D eigenvalue weighted by Crippen LogP contribution is 2.37. The topological polar surface area (TPSA) is 29.9 Å². The van der Waals surface area contributed by atoms with E-state index in [9.17, 15) is 0 Å². The van der Waals surface area contributed by atoms with Crippen LogP contribution in [-0.4, -0.2) is 16.8 Å². The standard InChI is InChI=1S/C14H16Cl3N3/c1-8(2)20-14(11(17)7-19-20)13(18-3)12-9(15)5-4-6-10(12)16/h4-8,13,18H,1-3H3. The van der Waals surface area contributed by atoms with Crippen LogP contribution in [0.25, 0.3) is 0 Å². The van der Waals surface area contributed by atoms with Crippen LogP contribution in [0.5, 0.6) is 0 Å². The predicted octanol–water partition coefficient (Wildman–Crippen LogP) is 4.73. The third kappa shape index (κ3) is 2.82. The van der Waals surface area contributed by atoms with Crippen molar-refractivity contribution in [3.05, 3.63) is 50.7 Å². The Morgan fingerprint density at radius 2 is 1.70 bits per heavy atom. The molecule has 0 aliphatic heterocycles. The van der Waals surface area contributed by atoms with Gasteiger partial charge < -0.3 is 5.32 Å². The van der Waals surface area contributed by atoms with Gasteiger partial charge in [0.1, 0.15) is 0 Å². The third-order valence-electron chi connectivity index (χ3n) is 3.13. The first-order valence-electron chi connectivity index (χ1n) is 6.31. The summed E-state index contributed by atoms with van der Waals surface area (Å²) in [7, 11) is 1.85. The highest BCUT2D eigenvalue weighted by atomic mass is 35.5. The molecule has 1 heterocycles. The molecule has 0 aliphatic carbocycles. The van der Waals surface area contributed by atoms with Crippen LogP contribution < -0.4 is 5.32 Å². The highest BCUT2D eigenvalue weighted by molar-refractivity contribution is 6.36. The van der Waals surface area contributed by atoms with Crippen LogP contribution in [0.3, 0.4) is 0 Å². The first-order chi connectivity index (χ1) is 9.47. The number of hydrogen-bond acceptors (Lipinski definition) is 2. The molecule has 1 unspecified atom stereocenters. The summed E-state index contributed by atoms with van der Waals surface area (Å²) in [6, 6.07) is 5.43. The molecule has 1 N–H and O–H groups in total. The molecule has 0 saturated carbocycles. The molecule has 0 radical (unpaired) electrons. The van der Waals surface area contributed by atoms with Gasteiger partial charge in [-0.1, -0.05) is 40.9 Å². The number of halogens is 3. The van der Waals surface area contributed by atoms with Crippen molar-refractivity contribution in [3.63, 3.8) is 0 Å². The summed E-state index contributed by atoms with van der Waals surface area (Å²) in [4.78, 5) is 0. The summed E-state index contributed by atoms with van der Waals surface area (Å²) >= 11 is 18.9. The first kappa shape index (κ1) is 15.6. The zero-order valence-electron chi connectivity index (χ0n) is 11.5. The second-order valence-corrected chi connectivity index (χ2v) is 5.99. The van der Waals surface area contributed by atoms with Crippen molar-refractivity contribution in [1.82, 2.24) is 15.1 Å². The Hall–Kier alpha value is -0.740. The van der Waals surface area contributed by atoms with Crippen LogP contribution in [0.2, 0.25) is 15.1 Å². The normalized spacial score (nSPS) is 12.9. The van der Waals surface area contributed by atoms with Crippen molar-refractivity contribution in [2.75, 3.05) is 7.05 Å². The average Bonchev–Trinajstić information content (AvgIpc) is 2.76. The Morgan fingerprint density at radius 1 is 1.10 bits per heavy atom. The van der Waals surface area contributed by atoms with Gasteiger partial charge in [0, 0.05) is 21.7 Å². The zero-order valence-corrected chi connectivity index (χ0v) is 13.8. The van der Waals surface area contributed by atoms with Crippen LogP contribution >= 0.6 is 34.8 Å². The van der Waals surface area contributed by atoms with E-state index in [-0.39, 0.29) is 12.1 Å². The predicted molar refractivity (Wildman–Crippen MR) is 85.0 cm³/mol. The molecule has 0 fully saturated rings. The van der Waals surface area contributed by atoms with Gasteiger partial charge >= 0.3 is 0 Å². The molecule has 1 atom stereocenters. The molecule has 1 aromatic heterocycles. The van der Waals surface area contributed by atoms with Crippen molar-refractivity contribution in [2.24, 2.45) is 0 Å². The molecule has 20 heavy (non-hydrogen) atoms. The van der Waals surface area contributed by atoms with E-state index < -0.39 is 0 Å². The molecule has 1 aromatic carbocycles. The second-order valence-electron chi connectivity index (χ2n) is 4.77. The Labute approximate surface area is 133 Å². The van der Waals surface area contributed by atoms with Gasteiger partial charge in [-0.3, -0.25) is 4.68 Å². The van der Waals surface area contributed by atoms with Crippen molar-refractivity contribution >= 4 is 34.8 Å². The Bertz CT molecular complexity index is 587. The Kier molecular flexibility index (Phi) is 4.97. The van der Waals surface area contributed by atoms with Crippen LogP contribution in [0.4, 0.5) is 0 Å². The van der Waals surface area contributed by atoms with Gasteiger partial charge in [0.15, 0.2) is 0 Å². The fourth-order valence-electron chi connectivity index (χ4n) is 2.24. The quantitative estimate of drug-likeness (QED) is 0.877. The lowest BCUT2D eigenvalue weighted by molar-refractivity contribution is 0.484. The number of nitrogens with zero attached hydrogens (tertiary/aromatic N) is 2. The molecule has 0 spiro atoms. The van der Waals surface area contributed by atoms with Crippen LogP contribution in [0.15, 0.2) is 24.4 Å². The number of hydrogen-bond donors (Lipinski definition) is 1. The molecule has 0 bridgehead atoms. The minimum Gasteiger partial charge on any atom is -0.308 e. The lowest BCUT2D eigenvalue weighted by atomic mass is 10.0. The van der Waals surface area contributed by atoms with Gasteiger partial charge in [0.25, 0.3) is 0 Å². The maximum absolute atomic E-state index is 6.31. The molecule has 2 rings (SSSR count). The van der Waals surface area contributed by atoms with E-state index in [0.29, 0.717) is 15.1 Å². The van der Waals surface area contributed by atoms with Crippen molar-refractivity contribution in [1.29, 1.82) is 0 Å². The van der Waals surface area contributed by atoms with E-state index in [2.05, 4.69) is 10.4 Å². The van der Waals surface area contributed by atoms with Gasteiger partial charge in [0.2, 0.25) is 0 Å². The van der Waals surface area contributed by atoms with Gasteiger partial charge in [0.05, 0.1) is 23.0 Å². The lowest BCUT2D eigenvalue weighted by Crippen LogP contribution is -2.23. The molecule has 3 nitrogen and oxygen atoms in total. The van der Waals surface area contributed by atoms with Crippen molar-refractivity contribution in [2.45, 2.75) is 25.9 Å². The molecule has 2 aromatic rings. The van der Waals surface area contributed by atoms with Gasteiger partial charge in [-0.05, 0) is 33.0 Å². The molecule has 0 aliphatic rings. The Balaban J connectivity index is 2.62. The maximum atomic E-state index is 6.31.